The third-order valence-corrected chi connectivity index (χ3v) is 2.54. The second kappa shape index (κ2) is 5.82. The Hall–Kier alpha value is -1.62. The summed E-state index contributed by atoms with van der Waals surface area (Å²) in [6.45, 7) is 5.05. The summed E-state index contributed by atoms with van der Waals surface area (Å²) in [5.41, 5.74) is 0.0413. The van der Waals surface area contributed by atoms with Gasteiger partial charge in [0.1, 0.15) is 12.4 Å². The number of rotatable bonds is 5. The second-order valence-corrected chi connectivity index (χ2v) is 4.31. The van der Waals surface area contributed by atoms with Crippen LogP contribution in [0.15, 0.2) is 12.1 Å². The highest BCUT2D eigenvalue weighted by Crippen LogP contribution is 2.19. The predicted molar refractivity (Wildman–Crippen MR) is 66.5 cm³/mol. The molecule has 1 aromatic heterocycles. The molecule has 100 valence electrons. The van der Waals surface area contributed by atoms with E-state index in [1.54, 1.807) is 6.07 Å². The van der Waals surface area contributed by atoms with Crippen LogP contribution in [0, 0.1) is 6.92 Å². The Morgan fingerprint density at radius 2 is 2.17 bits per heavy atom. The van der Waals surface area contributed by atoms with Crippen molar-refractivity contribution in [3.63, 3.8) is 0 Å². The van der Waals surface area contributed by atoms with Crippen molar-refractivity contribution >= 4 is 5.97 Å². The van der Waals surface area contributed by atoms with E-state index in [4.69, 9.17) is 4.74 Å². The quantitative estimate of drug-likeness (QED) is 0.800. The van der Waals surface area contributed by atoms with Gasteiger partial charge in [0.25, 0.3) is 0 Å². The van der Waals surface area contributed by atoms with Crippen LogP contribution >= 0.6 is 0 Å². The third kappa shape index (κ3) is 3.43. The SMILES string of the molecule is CCc1nc(C)ccc1OCC(C)(O)C(=O)OC. The molecule has 0 radical (unpaired) electrons. The molecule has 0 saturated carbocycles. The van der Waals surface area contributed by atoms with Crippen molar-refractivity contribution in [1.29, 1.82) is 0 Å². The molecule has 0 aliphatic carbocycles. The summed E-state index contributed by atoms with van der Waals surface area (Å²) in [7, 11) is 1.22. The van der Waals surface area contributed by atoms with Crippen molar-refractivity contribution in [2.45, 2.75) is 32.8 Å². The number of esters is 1. The molecule has 0 amide bonds. The Kier molecular flexibility index (Phi) is 4.67. The molecule has 1 N–H and O–H groups in total. The maximum Gasteiger partial charge on any atom is 0.341 e. The van der Waals surface area contributed by atoms with E-state index in [2.05, 4.69) is 9.72 Å². The number of aromatic nitrogens is 1. The molecule has 18 heavy (non-hydrogen) atoms. The molecule has 0 bridgehead atoms. The molecule has 0 aliphatic heterocycles. The van der Waals surface area contributed by atoms with Gasteiger partial charge < -0.3 is 14.6 Å². The van der Waals surface area contributed by atoms with Gasteiger partial charge in [-0.2, -0.15) is 0 Å². The van der Waals surface area contributed by atoms with Gasteiger partial charge in [-0.3, -0.25) is 4.98 Å². The van der Waals surface area contributed by atoms with Crippen LogP contribution in [-0.2, 0) is 16.0 Å². The van der Waals surface area contributed by atoms with Crippen LogP contribution in [0.1, 0.15) is 25.2 Å². The number of hydrogen-bond acceptors (Lipinski definition) is 5. The first-order valence-corrected chi connectivity index (χ1v) is 5.81. The van der Waals surface area contributed by atoms with Crippen molar-refractivity contribution < 1.29 is 19.4 Å². The lowest BCUT2D eigenvalue weighted by atomic mass is 10.1. The lowest BCUT2D eigenvalue weighted by molar-refractivity contribution is -0.163. The molecule has 0 spiro atoms. The molecule has 0 aliphatic rings. The van der Waals surface area contributed by atoms with Gasteiger partial charge >= 0.3 is 5.97 Å². The first kappa shape index (κ1) is 14.4. The number of nitrogens with zero attached hydrogens (tertiary/aromatic N) is 1. The van der Waals surface area contributed by atoms with Crippen LogP contribution in [0.4, 0.5) is 0 Å². The molecule has 1 atom stereocenters. The van der Waals surface area contributed by atoms with Crippen LogP contribution in [-0.4, -0.2) is 35.4 Å². The zero-order valence-corrected chi connectivity index (χ0v) is 11.2. The Bertz CT molecular complexity index is 429. The fourth-order valence-corrected chi connectivity index (χ4v) is 1.48. The number of hydrogen-bond donors (Lipinski definition) is 1. The van der Waals surface area contributed by atoms with E-state index in [9.17, 15) is 9.90 Å². The van der Waals surface area contributed by atoms with Gasteiger partial charge in [0.2, 0.25) is 0 Å². The first-order valence-electron chi connectivity index (χ1n) is 5.81. The van der Waals surface area contributed by atoms with Gasteiger partial charge in [0, 0.05) is 5.69 Å². The topological polar surface area (TPSA) is 68.7 Å². The molecule has 1 unspecified atom stereocenters. The maximum atomic E-state index is 11.3. The van der Waals surface area contributed by atoms with Crippen molar-refractivity contribution in [2.75, 3.05) is 13.7 Å². The fraction of sp³-hybridized carbons (Fsp3) is 0.538. The van der Waals surface area contributed by atoms with Crippen LogP contribution < -0.4 is 4.74 Å². The molecule has 1 heterocycles. The van der Waals surface area contributed by atoms with Gasteiger partial charge in [-0.25, -0.2) is 4.79 Å². The number of methoxy groups -OCH3 is 1. The Morgan fingerprint density at radius 3 is 2.72 bits per heavy atom. The summed E-state index contributed by atoms with van der Waals surface area (Å²) in [5, 5.41) is 9.84. The maximum absolute atomic E-state index is 11.3. The summed E-state index contributed by atoms with van der Waals surface area (Å²) in [6, 6.07) is 3.61. The number of aliphatic hydroxyl groups is 1. The second-order valence-electron chi connectivity index (χ2n) is 4.31. The highest BCUT2D eigenvalue weighted by molar-refractivity contribution is 5.78. The smallest absolute Gasteiger partial charge is 0.341 e. The van der Waals surface area contributed by atoms with Crippen molar-refractivity contribution in [3.8, 4) is 5.75 Å². The van der Waals surface area contributed by atoms with Gasteiger partial charge in [-0.1, -0.05) is 6.92 Å². The molecule has 5 nitrogen and oxygen atoms in total. The fourth-order valence-electron chi connectivity index (χ4n) is 1.48. The highest BCUT2D eigenvalue weighted by Gasteiger charge is 2.32. The number of carbonyl (C=O) groups excluding carboxylic acids is 1. The molecule has 0 aromatic carbocycles. The summed E-state index contributed by atoms with van der Waals surface area (Å²) in [6.07, 6.45) is 0.720. The lowest BCUT2D eigenvalue weighted by Crippen LogP contribution is -2.42. The van der Waals surface area contributed by atoms with E-state index in [-0.39, 0.29) is 6.61 Å². The molecule has 0 fully saturated rings. The minimum atomic E-state index is -1.66. The molecule has 5 heteroatoms. The van der Waals surface area contributed by atoms with Gasteiger partial charge in [-0.05, 0) is 32.4 Å². The van der Waals surface area contributed by atoms with E-state index in [0.717, 1.165) is 17.8 Å². The van der Waals surface area contributed by atoms with Crippen LogP contribution in [0.25, 0.3) is 0 Å². The van der Waals surface area contributed by atoms with Crippen molar-refractivity contribution in [2.24, 2.45) is 0 Å². The highest BCUT2D eigenvalue weighted by atomic mass is 16.6. The van der Waals surface area contributed by atoms with Gasteiger partial charge in [0.15, 0.2) is 5.60 Å². The third-order valence-electron chi connectivity index (χ3n) is 2.54. The Balaban J connectivity index is 2.77. The summed E-state index contributed by atoms with van der Waals surface area (Å²) in [5.74, 6) is -0.145. The molecule has 1 rings (SSSR count). The molecule has 1 aromatic rings. The number of carbonyl (C=O) groups is 1. The molecular weight excluding hydrogens is 234 g/mol. The van der Waals surface area contributed by atoms with E-state index < -0.39 is 11.6 Å². The molecule has 0 saturated heterocycles. The predicted octanol–water partition coefficient (Wildman–Crippen LogP) is 1.26. The lowest BCUT2D eigenvalue weighted by Gasteiger charge is -2.21. The first-order chi connectivity index (χ1) is 8.40. The van der Waals surface area contributed by atoms with Crippen LogP contribution in [0.3, 0.4) is 0 Å². The van der Waals surface area contributed by atoms with E-state index in [1.165, 1.54) is 14.0 Å². The summed E-state index contributed by atoms with van der Waals surface area (Å²) >= 11 is 0. The number of ether oxygens (including phenoxy) is 2. The van der Waals surface area contributed by atoms with Crippen molar-refractivity contribution in [1.82, 2.24) is 4.98 Å². The normalized spacial score (nSPS) is 13.8. The van der Waals surface area contributed by atoms with Crippen molar-refractivity contribution in [3.05, 3.63) is 23.5 Å². The minimum Gasteiger partial charge on any atom is -0.488 e. The summed E-state index contributed by atoms with van der Waals surface area (Å²) in [4.78, 5) is 15.6. The number of pyridine rings is 1. The molecular formula is C13H19NO4. The van der Waals surface area contributed by atoms with Crippen LogP contribution in [0.5, 0.6) is 5.75 Å². The Labute approximate surface area is 107 Å². The largest absolute Gasteiger partial charge is 0.488 e. The van der Waals surface area contributed by atoms with Gasteiger partial charge in [0.05, 0.1) is 12.8 Å². The zero-order chi connectivity index (χ0) is 13.8. The summed E-state index contributed by atoms with van der Waals surface area (Å²) < 4.78 is 9.95. The van der Waals surface area contributed by atoms with Crippen LogP contribution in [0.2, 0.25) is 0 Å². The van der Waals surface area contributed by atoms with E-state index >= 15 is 0 Å². The minimum absolute atomic E-state index is 0.169. The van der Waals surface area contributed by atoms with Gasteiger partial charge in [-0.15, -0.1) is 0 Å². The standard InChI is InChI=1S/C13H19NO4/c1-5-10-11(7-6-9(2)14-10)18-8-13(3,16)12(15)17-4/h6-7,16H,5,8H2,1-4H3. The average molecular weight is 253 g/mol. The van der Waals surface area contributed by atoms with E-state index in [0.29, 0.717) is 5.75 Å². The average Bonchev–Trinajstić information content (AvgIpc) is 2.36. The Morgan fingerprint density at radius 1 is 1.50 bits per heavy atom. The van der Waals surface area contributed by atoms with E-state index in [1.807, 2.05) is 19.9 Å². The number of aryl methyl sites for hydroxylation is 2. The monoisotopic (exact) mass is 253 g/mol. The zero-order valence-electron chi connectivity index (χ0n) is 11.2.